The van der Waals surface area contributed by atoms with Crippen LogP contribution in [0.25, 0.3) is 0 Å². The second-order valence-electron chi connectivity index (χ2n) is 3.21. The van der Waals surface area contributed by atoms with Gasteiger partial charge >= 0.3 is 0 Å². The highest BCUT2D eigenvalue weighted by atomic mass is 35.7. The highest BCUT2D eigenvalue weighted by Gasteiger charge is 2.44. The average molecular weight is 199 g/mol. The Labute approximate surface area is 70.8 Å². The molecule has 1 aliphatic rings. The maximum Gasteiger partial charge on any atom is 0.238 e. The van der Waals surface area contributed by atoms with Gasteiger partial charge in [0.2, 0.25) is 9.05 Å². The molecule has 0 spiro atoms. The van der Waals surface area contributed by atoms with Gasteiger partial charge < -0.3 is 5.11 Å². The molecule has 0 unspecified atom stereocenters. The fraction of sp³-hybridized carbons (Fsp3) is 1.00. The van der Waals surface area contributed by atoms with Gasteiger partial charge in [0.15, 0.2) is 0 Å². The summed E-state index contributed by atoms with van der Waals surface area (Å²) in [4.78, 5) is 0. The van der Waals surface area contributed by atoms with Gasteiger partial charge in [0.1, 0.15) is 5.25 Å². The molecule has 11 heavy (non-hydrogen) atoms. The van der Waals surface area contributed by atoms with Crippen molar-refractivity contribution in [2.75, 3.05) is 0 Å². The molecule has 0 aliphatic heterocycles. The van der Waals surface area contributed by atoms with Gasteiger partial charge in [0.05, 0.1) is 5.60 Å². The molecule has 0 bridgehead atoms. The predicted octanol–water partition coefficient (Wildman–Crippen LogP) is 0.859. The normalized spacial score (nSPS) is 39.4. The Morgan fingerprint density at radius 2 is 2.18 bits per heavy atom. The summed E-state index contributed by atoms with van der Waals surface area (Å²) in [5, 5.41) is 8.75. The smallest absolute Gasteiger partial charge is 0.238 e. The van der Waals surface area contributed by atoms with Crippen LogP contribution in [0, 0.1) is 0 Å². The molecule has 0 aromatic carbocycles. The van der Waals surface area contributed by atoms with E-state index in [1.54, 1.807) is 0 Å². The monoisotopic (exact) mass is 198 g/mol. The average Bonchev–Trinajstić information content (AvgIpc) is 2.06. The van der Waals surface area contributed by atoms with E-state index in [9.17, 15) is 13.5 Å². The molecule has 1 rings (SSSR count). The van der Waals surface area contributed by atoms with Crippen molar-refractivity contribution in [3.63, 3.8) is 0 Å². The van der Waals surface area contributed by atoms with Gasteiger partial charge in [-0.2, -0.15) is 0 Å². The zero-order valence-electron chi connectivity index (χ0n) is 6.25. The summed E-state index contributed by atoms with van der Waals surface area (Å²) in [6.07, 6.45) is 1.71. The molecule has 0 aromatic heterocycles. The van der Waals surface area contributed by atoms with Crippen LogP contribution < -0.4 is 0 Å². The molecular weight excluding hydrogens is 188 g/mol. The van der Waals surface area contributed by atoms with Gasteiger partial charge in [0.25, 0.3) is 0 Å². The number of aliphatic hydroxyl groups is 1. The highest BCUT2D eigenvalue weighted by Crippen LogP contribution is 2.35. The fourth-order valence-electron chi connectivity index (χ4n) is 1.56. The molecule has 66 valence electrons. The van der Waals surface area contributed by atoms with Gasteiger partial charge in [0, 0.05) is 10.7 Å². The number of hydrogen-bond donors (Lipinski definition) is 1. The lowest BCUT2D eigenvalue weighted by Crippen LogP contribution is -2.37. The molecule has 1 saturated carbocycles. The summed E-state index contributed by atoms with van der Waals surface area (Å²) < 4.78 is 21.7. The summed E-state index contributed by atoms with van der Waals surface area (Å²) in [5.41, 5.74) is -1.12. The van der Waals surface area contributed by atoms with Crippen LogP contribution in [0.3, 0.4) is 0 Å². The van der Waals surface area contributed by atoms with Crippen molar-refractivity contribution in [1.82, 2.24) is 0 Å². The van der Waals surface area contributed by atoms with Crippen molar-refractivity contribution in [3.05, 3.63) is 0 Å². The molecule has 1 N–H and O–H groups in total. The molecule has 5 heteroatoms. The number of hydrogen-bond acceptors (Lipinski definition) is 3. The summed E-state index contributed by atoms with van der Waals surface area (Å²) in [6.45, 7) is 1.52. The van der Waals surface area contributed by atoms with Crippen LogP contribution in [0.2, 0.25) is 0 Å². The Morgan fingerprint density at radius 1 is 1.64 bits per heavy atom. The Bertz CT molecular complexity index is 245. The van der Waals surface area contributed by atoms with Crippen molar-refractivity contribution >= 4 is 19.7 Å². The van der Waals surface area contributed by atoms with E-state index in [0.29, 0.717) is 12.8 Å². The second-order valence-corrected chi connectivity index (χ2v) is 6.02. The zero-order chi connectivity index (χ0) is 8.70. The Kier molecular flexibility index (Phi) is 2.20. The molecule has 1 fully saturated rings. The van der Waals surface area contributed by atoms with Crippen molar-refractivity contribution < 1.29 is 13.5 Å². The van der Waals surface area contributed by atoms with Crippen LogP contribution in [-0.4, -0.2) is 24.4 Å². The van der Waals surface area contributed by atoms with E-state index in [2.05, 4.69) is 0 Å². The lowest BCUT2D eigenvalue weighted by molar-refractivity contribution is 0.0715. The van der Waals surface area contributed by atoms with Gasteiger partial charge in [-0.15, -0.1) is 0 Å². The third kappa shape index (κ3) is 1.86. The molecule has 3 nitrogen and oxygen atoms in total. The van der Waals surface area contributed by atoms with Gasteiger partial charge in [-0.05, 0) is 26.2 Å². The summed E-state index contributed by atoms with van der Waals surface area (Å²) in [6, 6.07) is 0. The first kappa shape index (κ1) is 9.29. The first-order chi connectivity index (χ1) is 4.84. The molecule has 1 aliphatic carbocycles. The molecule has 0 amide bonds. The highest BCUT2D eigenvalue weighted by molar-refractivity contribution is 8.14. The summed E-state index contributed by atoms with van der Waals surface area (Å²) in [5.74, 6) is 0. The second kappa shape index (κ2) is 2.61. The van der Waals surface area contributed by atoms with Crippen LogP contribution in [0.15, 0.2) is 0 Å². The Hall–Kier alpha value is 0.200. The van der Waals surface area contributed by atoms with Crippen molar-refractivity contribution in [2.45, 2.75) is 37.0 Å². The number of halogens is 1. The molecule has 0 saturated heterocycles. The first-order valence-corrected chi connectivity index (χ1v) is 5.87. The van der Waals surface area contributed by atoms with E-state index in [0.717, 1.165) is 6.42 Å². The molecule has 2 atom stereocenters. The molecular formula is C6H11ClO3S. The van der Waals surface area contributed by atoms with Crippen LogP contribution in [0.1, 0.15) is 26.2 Å². The minimum absolute atomic E-state index is 0.471. The first-order valence-electron chi connectivity index (χ1n) is 3.50. The Balaban J connectivity index is 2.91. The molecule has 0 heterocycles. The lowest BCUT2D eigenvalue weighted by atomic mass is 10.1. The van der Waals surface area contributed by atoms with Crippen LogP contribution >= 0.6 is 10.7 Å². The maximum atomic E-state index is 10.9. The largest absolute Gasteiger partial charge is 0.389 e. The van der Waals surface area contributed by atoms with Crippen LogP contribution in [0.4, 0.5) is 0 Å². The third-order valence-electron chi connectivity index (χ3n) is 2.18. The lowest BCUT2D eigenvalue weighted by Gasteiger charge is -2.22. The third-order valence-corrected chi connectivity index (χ3v) is 4.25. The van der Waals surface area contributed by atoms with E-state index in [1.807, 2.05) is 0 Å². The van der Waals surface area contributed by atoms with E-state index >= 15 is 0 Å². The van der Waals surface area contributed by atoms with E-state index in [4.69, 9.17) is 10.7 Å². The van der Waals surface area contributed by atoms with Crippen LogP contribution in [-0.2, 0) is 9.05 Å². The van der Waals surface area contributed by atoms with Gasteiger partial charge in [-0.1, -0.05) is 0 Å². The van der Waals surface area contributed by atoms with E-state index in [-0.39, 0.29) is 0 Å². The summed E-state index contributed by atoms with van der Waals surface area (Å²) in [7, 11) is 1.55. The SMILES string of the molecule is C[C@@]1(O)CCC[C@H]1S(=O)(=O)Cl. The molecule has 0 radical (unpaired) electrons. The van der Waals surface area contributed by atoms with E-state index in [1.165, 1.54) is 6.92 Å². The predicted molar refractivity (Wildman–Crippen MR) is 43.0 cm³/mol. The molecule has 0 aromatic rings. The van der Waals surface area contributed by atoms with Crippen molar-refractivity contribution in [1.29, 1.82) is 0 Å². The fourth-order valence-corrected chi connectivity index (χ4v) is 3.58. The van der Waals surface area contributed by atoms with E-state index < -0.39 is 19.9 Å². The summed E-state index contributed by atoms with van der Waals surface area (Å²) >= 11 is 0. The maximum absolute atomic E-state index is 10.9. The minimum atomic E-state index is -3.59. The standard InChI is InChI=1S/C6H11ClO3S/c1-6(8)4-2-3-5(6)11(7,9)10/h5,8H,2-4H2,1H3/t5-,6-/m1/s1. The van der Waals surface area contributed by atoms with Gasteiger partial charge in [-0.3, -0.25) is 0 Å². The van der Waals surface area contributed by atoms with Crippen molar-refractivity contribution in [3.8, 4) is 0 Å². The number of rotatable bonds is 1. The minimum Gasteiger partial charge on any atom is -0.389 e. The van der Waals surface area contributed by atoms with Gasteiger partial charge in [-0.25, -0.2) is 8.42 Å². The topological polar surface area (TPSA) is 54.4 Å². The van der Waals surface area contributed by atoms with Crippen molar-refractivity contribution in [2.24, 2.45) is 0 Å². The Morgan fingerprint density at radius 3 is 2.36 bits per heavy atom. The van der Waals surface area contributed by atoms with Crippen LogP contribution in [0.5, 0.6) is 0 Å². The zero-order valence-corrected chi connectivity index (χ0v) is 7.82. The quantitative estimate of drug-likeness (QED) is 0.636.